The van der Waals surface area contributed by atoms with E-state index in [0.717, 1.165) is 10.9 Å². The summed E-state index contributed by atoms with van der Waals surface area (Å²) in [6.07, 6.45) is 0. The minimum atomic E-state index is -0.224. The van der Waals surface area contributed by atoms with E-state index >= 15 is 0 Å². The van der Waals surface area contributed by atoms with Gasteiger partial charge in [-0.2, -0.15) is 0 Å². The Bertz CT molecular complexity index is 525. The molecule has 1 amide bonds. The van der Waals surface area contributed by atoms with Gasteiger partial charge in [-0.1, -0.05) is 29.8 Å². The lowest BCUT2D eigenvalue weighted by Crippen LogP contribution is -2.18. The number of carbonyl (C=O) groups excluding carboxylic acids is 1. The predicted molar refractivity (Wildman–Crippen MR) is 60.1 cm³/mol. The number of amides is 1. The third kappa shape index (κ3) is 1.78. The zero-order valence-corrected chi connectivity index (χ0v) is 8.88. The number of benzene rings is 1. The smallest absolute Gasteiger partial charge is 0.254 e. The van der Waals surface area contributed by atoms with Crippen molar-refractivity contribution in [3.8, 4) is 0 Å². The molecule has 0 bridgehead atoms. The number of rotatable bonds is 1. The highest BCUT2D eigenvalue weighted by Crippen LogP contribution is 2.19. The molecule has 4 heteroatoms. The first-order chi connectivity index (χ1) is 7.22. The van der Waals surface area contributed by atoms with Crippen LogP contribution in [0, 0.1) is 0 Å². The molecule has 1 aromatic carbocycles. The van der Waals surface area contributed by atoms with E-state index in [4.69, 9.17) is 11.6 Å². The van der Waals surface area contributed by atoms with Crippen LogP contribution < -0.4 is 5.32 Å². The largest absolute Gasteiger partial charge is 0.355 e. The first-order valence-electron chi connectivity index (χ1n) is 4.50. The summed E-state index contributed by atoms with van der Waals surface area (Å²) >= 11 is 5.90. The zero-order valence-electron chi connectivity index (χ0n) is 8.12. The topological polar surface area (TPSA) is 42.0 Å². The van der Waals surface area contributed by atoms with Crippen LogP contribution in [0.4, 0.5) is 0 Å². The highest BCUT2D eigenvalue weighted by atomic mass is 35.5. The number of hydrogen-bond donors (Lipinski definition) is 1. The first-order valence-corrected chi connectivity index (χ1v) is 4.87. The van der Waals surface area contributed by atoms with Gasteiger partial charge in [-0.3, -0.25) is 4.79 Å². The molecular weight excluding hydrogens is 212 g/mol. The Kier molecular flexibility index (Phi) is 2.56. The summed E-state index contributed by atoms with van der Waals surface area (Å²) in [5.41, 5.74) is 1.19. The monoisotopic (exact) mass is 220 g/mol. The third-order valence-electron chi connectivity index (χ3n) is 2.15. The van der Waals surface area contributed by atoms with E-state index in [-0.39, 0.29) is 11.1 Å². The molecule has 0 aliphatic rings. The van der Waals surface area contributed by atoms with Crippen molar-refractivity contribution in [3.63, 3.8) is 0 Å². The number of nitrogens with zero attached hydrogens (tertiary/aromatic N) is 1. The number of hydrogen-bond acceptors (Lipinski definition) is 2. The van der Waals surface area contributed by atoms with Crippen LogP contribution in [-0.2, 0) is 0 Å². The number of fused-ring (bicyclic) bond motifs is 1. The van der Waals surface area contributed by atoms with Gasteiger partial charge in [0.25, 0.3) is 5.91 Å². The maximum absolute atomic E-state index is 11.4. The van der Waals surface area contributed by atoms with Gasteiger partial charge in [0, 0.05) is 12.4 Å². The maximum Gasteiger partial charge on any atom is 0.254 e. The highest BCUT2D eigenvalue weighted by Gasteiger charge is 2.10. The van der Waals surface area contributed by atoms with Crippen molar-refractivity contribution in [2.75, 3.05) is 7.05 Å². The minimum Gasteiger partial charge on any atom is -0.355 e. The molecular formula is C11H9ClN2O. The minimum absolute atomic E-state index is 0.224. The van der Waals surface area contributed by atoms with Gasteiger partial charge >= 0.3 is 0 Å². The highest BCUT2D eigenvalue weighted by molar-refractivity contribution is 6.33. The lowest BCUT2D eigenvalue weighted by atomic mass is 10.1. The van der Waals surface area contributed by atoms with Crippen LogP contribution in [0.1, 0.15) is 10.4 Å². The lowest BCUT2D eigenvalue weighted by Gasteiger charge is -2.04. The Morgan fingerprint density at radius 3 is 2.87 bits per heavy atom. The number of nitrogens with one attached hydrogen (secondary N) is 1. The van der Waals surface area contributed by atoms with Crippen molar-refractivity contribution < 1.29 is 4.79 Å². The van der Waals surface area contributed by atoms with E-state index in [1.807, 2.05) is 24.3 Å². The molecule has 0 unspecified atom stereocenters. The van der Waals surface area contributed by atoms with Gasteiger partial charge in [-0.25, -0.2) is 4.98 Å². The summed E-state index contributed by atoms with van der Waals surface area (Å²) in [4.78, 5) is 15.6. The molecule has 0 spiro atoms. The van der Waals surface area contributed by atoms with Crippen LogP contribution in [-0.4, -0.2) is 17.9 Å². The third-order valence-corrected chi connectivity index (χ3v) is 2.44. The molecule has 3 nitrogen and oxygen atoms in total. The zero-order chi connectivity index (χ0) is 10.8. The van der Waals surface area contributed by atoms with Crippen molar-refractivity contribution in [3.05, 3.63) is 41.0 Å². The Balaban J connectivity index is 2.67. The average molecular weight is 221 g/mol. The SMILES string of the molecule is CNC(=O)c1cc2ccccc2nc1Cl. The molecule has 1 heterocycles. The number of halogens is 1. The summed E-state index contributed by atoms with van der Waals surface area (Å²) in [6.45, 7) is 0. The second-order valence-corrected chi connectivity index (χ2v) is 3.46. The van der Waals surface area contributed by atoms with Crippen molar-refractivity contribution in [1.29, 1.82) is 0 Å². The Morgan fingerprint density at radius 1 is 1.40 bits per heavy atom. The summed E-state index contributed by atoms with van der Waals surface area (Å²) < 4.78 is 0. The van der Waals surface area contributed by atoms with Crippen LogP contribution in [0.25, 0.3) is 10.9 Å². The molecule has 2 aromatic rings. The van der Waals surface area contributed by atoms with Gasteiger partial charge in [-0.15, -0.1) is 0 Å². The molecule has 0 saturated heterocycles. The van der Waals surface area contributed by atoms with E-state index in [0.29, 0.717) is 5.56 Å². The van der Waals surface area contributed by atoms with Crippen LogP contribution in [0.15, 0.2) is 30.3 Å². The van der Waals surface area contributed by atoms with Gasteiger partial charge in [0.15, 0.2) is 0 Å². The van der Waals surface area contributed by atoms with E-state index in [1.165, 1.54) is 0 Å². The fraction of sp³-hybridized carbons (Fsp3) is 0.0909. The van der Waals surface area contributed by atoms with E-state index in [2.05, 4.69) is 10.3 Å². The molecule has 0 saturated carbocycles. The van der Waals surface area contributed by atoms with Gasteiger partial charge in [0.2, 0.25) is 0 Å². The van der Waals surface area contributed by atoms with E-state index < -0.39 is 0 Å². The molecule has 1 aromatic heterocycles. The molecule has 1 N–H and O–H groups in total. The van der Waals surface area contributed by atoms with Gasteiger partial charge < -0.3 is 5.32 Å². The first kappa shape index (κ1) is 9.93. The standard InChI is InChI=1S/C11H9ClN2O/c1-13-11(15)8-6-7-4-2-3-5-9(7)14-10(8)12/h2-6H,1H3,(H,13,15). The average Bonchev–Trinajstić information content (AvgIpc) is 2.27. The van der Waals surface area contributed by atoms with Crippen LogP contribution >= 0.6 is 11.6 Å². The van der Waals surface area contributed by atoms with E-state index in [1.54, 1.807) is 13.1 Å². The second-order valence-electron chi connectivity index (χ2n) is 3.10. The molecule has 0 fully saturated rings. The van der Waals surface area contributed by atoms with Gasteiger partial charge in [0.05, 0.1) is 11.1 Å². The normalized spacial score (nSPS) is 10.3. The maximum atomic E-state index is 11.4. The van der Waals surface area contributed by atoms with Crippen molar-refractivity contribution in [1.82, 2.24) is 10.3 Å². The van der Waals surface area contributed by atoms with Crippen molar-refractivity contribution in [2.45, 2.75) is 0 Å². The molecule has 76 valence electrons. The lowest BCUT2D eigenvalue weighted by molar-refractivity contribution is 0.0963. The number of pyridine rings is 1. The predicted octanol–water partition coefficient (Wildman–Crippen LogP) is 2.25. The number of para-hydroxylation sites is 1. The molecule has 0 aliphatic carbocycles. The van der Waals surface area contributed by atoms with Crippen molar-refractivity contribution >= 4 is 28.4 Å². The Labute approximate surface area is 92.1 Å². The van der Waals surface area contributed by atoms with Crippen LogP contribution in [0.2, 0.25) is 5.15 Å². The molecule has 0 radical (unpaired) electrons. The number of carbonyl (C=O) groups is 1. The van der Waals surface area contributed by atoms with Gasteiger partial charge in [0.1, 0.15) is 5.15 Å². The fourth-order valence-corrected chi connectivity index (χ4v) is 1.62. The molecule has 2 rings (SSSR count). The van der Waals surface area contributed by atoms with E-state index in [9.17, 15) is 4.79 Å². The van der Waals surface area contributed by atoms with Crippen molar-refractivity contribution in [2.24, 2.45) is 0 Å². The summed E-state index contributed by atoms with van der Waals surface area (Å²) in [7, 11) is 1.56. The van der Waals surface area contributed by atoms with Crippen LogP contribution in [0.3, 0.4) is 0 Å². The summed E-state index contributed by atoms with van der Waals surface area (Å²) in [5.74, 6) is -0.224. The quantitative estimate of drug-likeness (QED) is 0.749. The summed E-state index contributed by atoms with van der Waals surface area (Å²) in [6, 6.07) is 9.26. The van der Waals surface area contributed by atoms with Gasteiger partial charge in [-0.05, 0) is 12.1 Å². The summed E-state index contributed by atoms with van der Waals surface area (Å²) in [5, 5.41) is 3.66. The second kappa shape index (κ2) is 3.87. The Hall–Kier alpha value is -1.61. The van der Waals surface area contributed by atoms with Crippen LogP contribution in [0.5, 0.6) is 0 Å². The molecule has 15 heavy (non-hydrogen) atoms. The molecule has 0 atom stereocenters. The Morgan fingerprint density at radius 2 is 2.13 bits per heavy atom. The molecule has 0 aliphatic heterocycles. The fourth-order valence-electron chi connectivity index (χ4n) is 1.39. The number of aromatic nitrogens is 1.